The summed E-state index contributed by atoms with van der Waals surface area (Å²) in [4.78, 5) is 16.2. The first-order valence-electron chi connectivity index (χ1n) is 8.93. The number of hydrogen-bond donors (Lipinski definition) is 1. The van der Waals surface area contributed by atoms with Crippen LogP contribution in [-0.4, -0.2) is 50.6 Å². The van der Waals surface area contributed by atoms with Crippen LogP contribution in [0.3, 0.4) is 0 Å². The molecular formula is C20H23ClFN3O2. The summed E-state index contributed by atoms with van der Waals surface area (Å²) in [7, 11) is 1.57. The van der Waals surface area contributed by atoms with Gasteiger partial charge in [0.05, 0.1) is 17.8 Å². The lowest BCUT2D eigenvalue weighted by Crippen LogP contribution is -2.49. The molecule has 0 saturated carbocycles. The number of hydrogen-bond acceptors (Lipinski definition) is 4. The van der Waals surface area contributed by atoms with E-state index >= 15 is 0 Å². The van der Waals surface area contributed by atoms with Crippen LogP contribution in [0.15, 0.2) is 42.5 Å². The molecule has 0 radical (unpaired) electrons. The van der Waals surface area contributed by atoms with Gasteiger partial charge in [-0.15, -0.1) is 0 Å². The Labute approximate surface area is 163 Å². The third-order valence-electron chi connectivity index (χ3n) is 4.65. The van der Waals surface area contributed by atoms with E-state index in [1.165, 1.54) is 6.07 Å². The lowest BCUT2D eigenvalue weighted by atomic mass is 10.2. The van der Waals surface area contributed by atoms with Crippen LogP contribution in [0.5, 0.6) is 5.75 Å². The number of ether oxygens (including phenoxy) is 1. The average Bonchev–Trinajstić information content (AvgIpc) is 2.68. The zero-order valence-corrected chi connectivity index (χ0v) is 16.0. The topological polar surface area (TPSA) is 44.8 Å². The van der Waals surface area contributed by atoms with Crippen LogP contribution in [0.2, 0.25) is 5.02 Å². The normalized spacial score (nSPS) is 14.2. The molecule has 1 saturated heterocycles. The summed E-state index contributed by atoms with van der Waals surface area (Å²) in [5.41, 5.74) is 1.45. The number of rotatable bonds is 6. The smallest absolute Gasteiger partial charge is 0.224 e. The van der Waals surface area contributed by atoms with Gasteiger partial charge in [-0.2, -0.15) is 0 Å². The number of benzene rings is 2. The molecule has 3 rings (SSSR count). The van der Waals surface area contributed by atoms with E-state index in [1.54, 1.807) is 31.4 Å². The van der Waals surface area contributed by atoms with Gasteiger partial charge >= 0.3 is 0 Å². The van der Waals surface area contributed by atoms with Gasteiger partial charge in [0.1, 0.15) is 11.6 Å². The van der Waals surface area contributed by atoms with Crippen molar-refractivity contribution in [2.75, 3.05) is 50.1 Å². The lowest BCUT2D eigenvalue weighted by molar-refractivity contribution is -0.131. The Morgan fingerprint density at radius 2 is 1.93 bits per heavy atom. The summed E-state index contributed by atoms with van der Waals surface area (Å²) in [6, 6.07) is 12.2. The van der Waals surface area contributed by atoms with Gasteiger partial charge in [-0.3, -0.25) is 4.79 Å². The van der Waals surface area contributed by atoms with Crippen LogP contribution in [0.4, 0.5) is 15.8 Å². The van der Waals surface area contributed by atoms with Gasteiger partial charge in [0, 0.05) is 44.8 Å². The van der Waals surface area contributed by atoms with Gasteiger partial charge in [0.15, 0.2) is 0 Å². The third-order valence-corrected chi connectivity index (χ3v) is 4.94. The van der Waals surface area contributed by atoms with Crippen LogP contribution in [-0.2, 0) is 4.79 Å². The predicted octanol–water partition coefficient (Wildman–Crippen LogP) is 3.64. The van der Waals surface area contributed by atoms with Crippen molar-refractivity contribution in [1.29, 1.82) is 0 Å². The number of halogens is 2. The zero-order chi connectivity index (χ0) is 19.2. The molecule has 5 nitrogen and oxygen atoms in total. The van der Waals surface area contributed by atoms with Crippen LogP contribution in [0, 0.1) is 5.82 Å². The molecule has 1 fully saturated rings. The minimum Gasteiger partial charge on any atom is -0.495 e. The highest BCUT2D eigenvalue weighted by molar-refractivity contribution is 6.32. The van der Waals surface area contributed by atoms with Crippen molar-refractivity contribution in [1.82, 2.24) is 4.90 Å². The molecule has 1 heterocycles. The number of methoxy groups -OCH3 is 1. The number of carbonyl (C=O) groups excluding carboxylic acids is 1. The number of para-hydroxylation sites is 1. The zero-order valence-electron chi connectivity index (χ0n) is 15.3. The monoisotopic (exact) mass is 391 g/mol. The minimum absolute atomic E-state index is 0.0929. The molecule has 0 unspecified atom stereocenters. The van der Waals surface area contributed by atoms with Crippen molar-refractivity contribution in [3.63, 3.8) is 0 Å². The molecule has 1 amide bonds. The summed E-state index contributed by atoms with van der Waals surface area (Å²) in [5, 5.41) is 3.73. The van der Waals surface area contributed by atoms with E-state index in [0.29, 0.717) is 55.6 Å². The number of amides is 1. The summed E-state index contributed by atoms with van der Waals surface area (Å²) in [5.74, 6) is 0.487. The number of piperazine rings is 1. The van der Waals surface area contributed by atoms with Crippen LogP contribution in [0.1, 0.15) is 6.42 Å². The highest BCUT2D eigenvalue weighted by Gasteiger charge is 2.22. The fourth-order valence-electron chi connectivity index (χ4n) is 3.15. The fraction of sp³-hybridized carbons (Fsp3) is 0.350. The van der Waals surface area contributed by atoms with Gasteiger partial charge in [-0.05, 0) is 30.3 Å². The number of nitrogens with one attached hydrogen (secondary N) is 1. The van der Waals surface area contributed by atoms with Crippen molar-refractivity contribution in [3.05, 3.63) is 53.3 Å². The maximum atomic E-state index is 13.9. The van der Waals surface area contributed by atoms with Crippen molar-refractivity contribution in [2.45, 2.75) is 6.42 Å². The van der Waals surface area contributed by atoms with Crippen molar-refractivity contribution in [3.8, 4) is 5.75 Å². The van der Waals surface area contributed by atoms with Gasteiger partial charge < -0.3 is 19.9 Å². The molecule has 2 aromatic rings. The van der Waals surface area contributed by atoms with E-state index in [9.17, 15) is 9.18 Å². The first-order chi connectivity index (χ1) is 13.1. The van der Waals surface area contributed by atoms with Gasteiger partial charge in [-0.25, -0.2) is 4.39 Å². The highest BCUT2D eigenvalue weighted by Crippen LogP contribution is 2.27. The summed E-state index contributed by atoms with van der Waals surface area (Å²) < 4.78 is 19.0. The first kappa shape index (κ1) is 19.3. The van der Waals surface area contributed by atoms with E-state index in [0.717, 1.165) is 5.69 Å². The average molecular weight is 392 g/mol. The molecule has 27 heavy (non-hydrogen) atoms. The molecule has 2 aromatic carbocycles. The third kappa shape index (κ3) is 4.83. The Kier molecular flexibility index (Phi) is 6.40. The minimum atomic E-state index is -0.223. The second kappa shape index (κ2) is 8.95. The maximum Gasteiger partial charge on any atom is 0.224 e. The molecular weight excluding hydrogens is 369 g/mol. The molecule has 0 atom stereocenters. The Morgan fingerprint density at radius 3 is 2.59 bits per heavy atom. The SMILES string of the molecule is COc1ccc(NCCC(=O)N2CCN(c3ccccc3F)CC2)cc1Cl. The molecule has 0 bridgehead atoms. The van der Waals surface area contributed by atoms with Gasteiger partial charge in [-0.1, -0.05) is 23.7 Å². The Balaban J connectivity index is 1.44. The van der Waals surface area contributed by atoms with E-state index in [-0.39, 0.29) is 11.7 Å². The molecule has 0 aliphatic carbocycles. The van der Waals surface area contributed by atoms with Gasteiger partial charge in [0.25, 0.3) is 0 Å². The van der Waals surface area contributed by atoms with Crippen molar-refractivity contribution >= 4 is 28.9 Å². The van der Waals surface area contributed by atoms with E-state index in [4.69, 9.17) is 16.3 Å². The Bertz CT molecular complexity index is 795. The quantitative estimate of drug-likeness (QED) is 0.816. The second-order valence-corrected chi connectivity index (χ2v) is 6.75. The maximum absolute atomic E-state index is 13.9. The molecule has 0 spiro atoms. The number of anilines is 2. The van der Waals surface area contributed by atoms with Crippen LogP contribution < -0.4 is 15.0 Å². The predicted molar refractivity (Wildman–Crippen MR) is 106 cm³/mol. The van der Waals surface area contributed by atoms with Crippen molar-refractivity contribution in [2.24, 2.45) is 0 Å². The van der Waals surface area contributed by atoms with E-state index < -0.39 is 0 Å². The van der Waals surface area contributed by atoms with Crippen molar-refractivity contribution < 1.29 is 13.9 Å². The first-order valence-corrected chi connectivity index (χ1v) is 9.31. The molecule has 0 aromatic heterocycles. The molecule has 1 aliphatic rings. The standard InChI is InChI=1S/C20H23ClFN3O2/c1-27-19-7-6-15(14-16(19)21)23-9-8-20(26)25-12-10-24(11-13-25)18-5-3-2-4-17(18)22/h2-7,14,23H,8-13H2,1H3. The molecule has 1 N–H and O–H groups in total. The molecule has 144 valence electrons. The lowest BCUT2D eigenvalue weighted by Gasteiger charge is -2.36. The Morgan fingerprint density at radius 1 is 1.19 bits per heavy atom. The Hall–Kier alpha value is -2.47. The van der Waals surface area contributed by atoms with Crippen LogP contribution in [0.25, 0.3) is 0 Å². The summed E-state index contributed by atoms with van der Waals surface area (Å²) in [6.07, 6.45) is 0.392. The number of nitrogens with zero attached hydrogens (tertiary/aromatic N) is 2. The highest BCUT2D eigenvalue weighted by atomic mass is 35.5. The molecule has 7 heteroatoms. The van der Waals surface area contributed by atoms with Gasteiger partial charge in [0.2, 0.25) is 5.91 Å². The fourth-order valence-corrected chi connectivity index (χ4v) is 3.41. The van der Waals surface area contributed by atoms with E-state index in [1.807, 2.05) is 21.9 Å². The largest absolute Gasteiger partial charge is 0.495 e. The van der Waals surface area contributed by atoms with E-state index in [2.05, 4.69) is 5.32 Å². The second-order valence-electron chi connectivity index (χ2n) is 6.35. The summed E-state index contributed by atoms with van der Waals surface area (Å²) >= 11 is 6.10. The summed E-state index contributed by atoms with van der Waals surface area (Å²) in [6.45, 7) is 2.99. The number of carbonyl (C=O) groups is 1. The van der Waals surface area contributed by atoms with Crippen LogP contribution >= 0.6 is 11.6 Å². The molecule has 1 aliphatic heterocycles.